The number of carbonyl (C=O) groups is 1. The number of aliphatic imine (C=N–C) groups is 1. The number of benzene rings is 4. The van der Waals surface area contributed by atoms with Gasteiger partial charge in [-0.1, -0.05) is 59.6 Å². The first-order valence-corrected chi connectivity index (χ1v) is 10.7. The third kappa shape index (κ3) is 3.95. The molecular weight excluding hydrogens is 429 g/mol. The molecule has 3 nitrogen and oxygen atoms in total. The summed E-state index contributed by atoms with van der Waals surface area (Å²) in [4.78, 5) is 17.1. The van der Waals surface area contributed by atoms with Crippen LogP contribution in [-0.2, 0) is 12.8 Å². The van der Waals surface area contributed by atoms with Gasteiger partial charge in [0.25, 0.3) is 0 Å². The molecule has 0 N–H and O–H groups in total. The van der Waals surface area contributed by atoms with E-state index in [1.807, 2.05) is 18.3 Å². The Hall–Kier alpha value is -3.14. The van der Waals surface area contributed by atoms with E-state index >= 15 is 0 Å². The second-order valence-corrected chi connectivity index (χ2v) is 8.27. The van der Waals surface area contributed by atoms with Crippen molar-refractivity contribution in [2.45, 2.75) is 12.8 Å². The quantitative estimate of drug-likeness (QED) is 0.189. The second-order valence-electron chi connectivity index (χ2n) is 7.43. The van der Waals surface area contributed by atoms with E-state index in [-0.39, 0.29) is 5.75 Å². The molecule has 0 aromatic heterocycles. The number of nitrogens with zero attached hydrogens (tertiary/aromatic N) is 1. The SMILES string of the molecule is O=C(Oc1cc(Cl)ccc1Cl)c1ccc(C=Nc2ccc3c4c(cccc24)CC3)cc1. The zero-order valence-corrected chi connectivity index (χ0v) is 18.0. The predicted octanol–water partition coefficient (Wildman–Crippen LogP) is 7.22. The van der Waals surface area contributed by atoms with Gasteiger partial charge in [0.1, 0.15) is 0 Å². The van der Waals surface area contributed by atoms with Crippen molar-refractivity contribution in [1.82, 2.24) is 0 Å². The molecule has 5 heteroatoms. The van der Waals surface area contributed by atoms with Crippen LogP contribution in [0.5, 0.6) is 5.75 Å². The molecule has 4 aromatic carbocycles. The summed E-state index contributed by atoms with van der Waals surface area (Å²) in [6.45, 7) is 0. The average molecular weight is 446 g/mol. The maximum atomic E-state index is 12.4. The summed E-state index contributed by atoms with van der Waals surface area (Å²) in [6, 6.07) is 22.5. The Labute approximate surface area is 189 Å². The Morgan fingerprint density at radius 3 is 2.48 bits per heavy atom. The zero-order valence-electron chi connectivity index (χ0n) is 16.4. The Balaban J connectivity index is 1.35. The Morgan fingerprint density at radius 2 is 1.68 bits per heavy atom. The van der Waals surface area contributed by atoms with E-state index in [9.17, 15) is 4.79 Å². The highest BCUT2D eigenvalue weighted by molar-refractivity contribution is 6.34. The van der Waals surface area contributed by atoms with Crippen molar-refractivity contribution in [1.29, 1.82) is 0 Å². The van der Waals surface area contributed by atoms with E-state index < -0.39 is 5.97 Å². The molecule has 4 aromatic rings. The van der Waals surface area contributed by atoms with Crippen LogP contribution in [-0.4, -0.2) is 12.2 Å². The van der Waals surface area contributed by atoms with Crippen molar-refractivity contribution in [2.75, 3.05) is 0 Å². The summed E-state index contributed by atoms with van der Waals surface area (Å²) in [6.07, 6.45) is 4.00. The topological polar surface area (TPSA) is 38.7 Å². The average Bonchev–Trinajstić information content (AvgIpc) is 3.21. The monoisotopic (exact) mass is 445 g/mol. The maximum Gasteiger partial charge on any atom is 0.343 e. The molecule has 0 bridgehead atoms. The summed E-state index contributed by atoms with van der Waals surface area (Å²) in [5, 5.41) is 3.30. The van der Waals surface area contributed by atoms with Gasteiger partial charge in [0.05, 0.1) is 16.3 Å². The lowest BCUT2D eigenvalue weighted by Gasteiger charge is -2.07. The van der Waals surface area contributed by atoms with Crippen LogP contribution in [0.3, 0.4) is 0 Å². The van der Waals surface area contributed by atoms with E-state index in [0.717, 1.165) is 24.1 Å². The first-order chi connectivity index (χ1) is 15.1. The number of hydrogen-bond acceptors (Lipinski definition) is 3. The highest BCUT2D eigenvalue weighted by Gasteiger charge is 2.15. The fraction of sp³-hybridized carbons (Fsp3) is 0.0769. The molecule has 0 amide bonds. The van der Waals surface area contributed by atoms with Crippen molar-refractivity contribution in [2.24, 2.45) is 4.99 Å². The minimum absolute atomic E-state index is 0.233. The van der Waals surface area contributed by atoms with Crippen molar-refractivity contribution in [3.8, 4) is 5.75 Å². The van der Waals surface area contributed by atoms with Gasteiger partial charge in [-0.3, -0.25) is 4.99 Å². The summed E-state index contributed by atoms with van der Waals surface area (Å²) < 4.78 is 5.37. The Bertz CT molecular complexity index is 1330. The minimum atomic E-state index is -0.500. The number of esters is 1. The van der Waals surface area contributed by atoms with Gasteiger partial charge in [0, 0.05) is 22.7 Å². The molecule has 0 heterocycles. The number of aryl methyl sites for hydroxylation is 2. The number of rotatable bonds is 4. The molecule has 1 aliphatic carbocycles. The summed E-state index contributed by atoms with van der Waals surface area (Å²) in [7, 11) is 0. The van der Waals surface area contributed by atoms with Crippen molar-refractivity contribution in [3.05, 3.63) is 105 Å². The molecule has 0 saturated heterocycles. The van der Waals surface area contributed by atoms with Crippen LogP contribution in [0.4, 0.5) is 5.69 Å². The molecule has 0 fully saturated rings. The highest BCUT2D eigenvalue weighted by Crippen LogP contribution is 2.36. The van der Waals surface area contributed by atoms with Crippen LogP contribution in [0.15, 0.2) is 77.8 Å². The normalized spacial score (nSPS) is 12.6. The number of ether oxygens (including phenoxy) is 1. The maximum absolute atomic E-state index is 12.4. The lowest BCUT2D eigenvalue weighted by atomic mass is 10.0. The standard InChI is InChI=1S/C26H17Cl2NO2/c27-20-11-12-22(28)24(14-20)31-26(30)19-6-4-16(5-7-19)15-29-23-13-10-18-9-8-17-2-1-3-21(23)25(17)18/h1-7,10-15H,8-9H2. The molecule has 0 aliphatic heterocycles. The van der Waals surface area contributed by atoms with Crippen molar-refractivity contribution < 1.29 is 9.53 Å². The molecule has 0 atom stereocenters. The molecule has 0 saturated carbocycles. The van der Waals surface area contributed by atoms with Crippen LogP contribution in [0.1, 0.15) is 27.0 Å². The predicted molar refractivity (Wildman–Crippen MR) is 126 cm³/mol. The third-order valence-electron chi connectivity index (χ3n) is 5.45. The van der Waals surface area contributed by atoms with E-state index in [1.165, 1.54) is 28.0 Å². The molecule has 0 spiro atoms. The molecule has 152 valence electrons. The van der Waals surface area contributed by atoms with Gasteiger partial charge < -0.3 is 4.74 Å². The van der Waals surface area contributed by atoms with Crippen LogP contribution in [0.25, 0.3) is 10.8 Å². The second kappa shape index (κ2) is 8.18. The minimum Gasteiger partial charge on any atom is -0.421 e. The third-order valence-corrected chi connectivity index (χ3v) is 6.00. The van der Waals surface area contributed by atoms with Gasteiger partial charge in [-0.25, -0.2) is 4.79 Å². The first-order valence-electron chi connectivity index (χ1n) is 9.93. The molecule has 0 radical (unpaired) electrons. The fourth-order valence-corrected chi connectivity index (χ4v) is 4.23. The van der Waals surface area contributed by atoms with E-state index in [2.05, 4.69) is 30.3 Å². The molecule has 5 rings (SSSR count). The van der Waals surface area contributed by atoms with E-state index in [1.54, 1.807) is 24.3 Å². The Morgan fingerprint density at radius 1 is 0.903 bits per heavy atom. The lowest BCUT2D eigenvalue weighted by molar-refractivity contribution is 0.0735. The molecular formula is C26H17Cl2NO2. The van der Waals surface area contributed by atoms with Crippen LogP contribution >= 0.6 is 23.2 Å². The van der Waals surface area contributed by atoms with Crippen LogP contribution in [0.2, 0.25) is 10.0 Å². The smallest absolute Gasteiger partial charge is 0.343 e. The van der Waals surface area contributed by atoms with E-state index in [0.29, 0.717) is 15.6 Å². The highest BCUT2D eigenvalue weighted by atomic mass is 35.5. The van der Waals surface area contributed by atoms with Gasteiger partial charge in [-0.2, -0.15) is 0 Å². The van der Waals surface area contributed by atoms with Crippen molar-refractivity contribution >= 4 is 51.8 Å². The van der Waals surface area contributed by atoms with Gasteiger partial charge in [-0.15, -0.1) is 0 Å². The van der Waals surface area contributed by atoms with Gasteiger partial charge in [-0.05, 0) is 65.3 Å². The summed E-state index contributed by atoms with van der Waals surface area (Å²) >= 11 is 12.0. The number of hydrogen-bond donors (Lipinski definition) is 0. The van der Waals surface area contributed by atoms with E-state index in [4.69, 9.17) is 32.9 Å². The zero-order chi connectivity index (χ0) is 21.4. The number of carbonyl (C=O) groups excluding carboxylic acids is 1. The summed E-state index contributed by atoms with van der Waals surface area (Å²) in [5.74, 6) is -0.267. The van der Waals surface area contributed by atoms with Crippen LogP contribution < -0.4 is 4.74 Å². The van der Waals surface area contributed by atoms with Gasteiger partial charge in [0.15, 0.2) is 5.75 Å². The summed E-state index contributed by atoms with van der Waals surface area (Å²) in [5.41, 5.74) is 5.04. The number of halogens is 2. The van der Waals surface area contributed by atoms with Gasteiger partial charge >= 0.3 is 5.97 Å². The molecule has 31 heavy (non-hydrogen) atoms. The first kappa shape index (κ1) is 19.8. The van der Waals surface area contributed by atoms with Crippen LogP contribution in [0, 0.1) is 0 Å². The van der Waals surface area contributed by atoms with Gasteiger partial charge in [0.2, 0.25) is 0 Å². The largest absolute Gasteiger partial charge is 0.421 e. The molecule has 1 aliphatic rings. The van der Waals surface area contributed by atoms with Crippen molar-refractivity contribution in [3.63, 3.8) is 0 Å². The molecule has 0 unspecified atom stereocenters. The Kier molecular flexibility index (Phi) is 5.23. The fourth-order valence-electron chi connectivity index (χ4n) is 3.91. The lowest BCUT2D eigenvalue weighted by Crippen LogP contribution is -2.08.